The molecule has 0 radical (unpaired) electrons. The Labute approximate surface area is 131 Å². The second kappa shape index (κ2) is 4.97. The van der Waals surface area contributed by atoms with E-state index in [9.17, 15) is 4.79 Å². The number of fused-ring (bicyclic) bond motifs is 2. The lowest BCUT2D eigenvalue weighted by Gasteiger charge is -2.31. The quantitative estimate of drug-likeness (QED) is 0.653. The van der Waals surface area contributed by atoms with Crippen molar-refractivity contribution in [3.8, 4) is 0 Å². The summed E-state index contributed by atoms with van der Waals surface area (Å²) in [6, 6.07) is 7.76. The van der Waals surface area contributed by atoms with Crippen LogP contribution in [0.5, 0.6) is 0 Å². The summed E-state index contributed by atoms with van der Waals surface area (Å²) in [7, 11) is 0. The smallest absolute Gasteiger partial charge is 0.266 e. The zero-order valence-electron chi connectivity index (χ0n) is 11.2. The normalized spacial score (nSPS) is 25.1. The van der Waals surface area contributed by atoms with Crippen molar-refractivity contribution >= 4 is 44.6 Å². The van der Waals surface area contributed by atoms with Crippen LogP contribution in [-0.2, 0) is 0 Å². The summed E-state index contributed by atoms with van der Waals surface area (Å²) in [5.41, 5.74) is 3.76. The summed E-state index contributed by atoms with van der Waals surface area (Å²) in [6.45, 7) is 0. The van der Waals surface area contributed by atoms with Gasteiger partial charge in [0.25, 0.3) is 5.91 Å². The van der Waals surface area contributed by atoms with Crippen molar-refractivity contribution in [2.75, 3.05) is 0 Å². The molecule has 1 heterocycles. The van der Waals surface area contributed by atoms with Gasteiger partial charge in [-0.2, -0.15) is 5.10 Å². The first-order valence-corrected chi connectivity index (χ1v) is 8.14. The third kappa shape index (κ3) is 2.10. The number of nitrogens with zero attached hydrogens (tertiary/aromatic N) is 1. The Bertz CT molecular complexity index is 793. The van der Waals surface area contributed by atoms with E-state index in [4.69, 9.17) is 11.6 Å². The number of hydrogen-bond acceptors (Lipinski definition) is 3. The number of carbonyl (C=O) groups excluding carboxylic acids is 1. The second-order valence-corrected chi connectivity index (χ2v) is 6.85. The molecule has 1 saturated carbocycles. The highest BCUT2D eigenvalue weighted by Gasteiger charge is 2.38. The van der Waals surface area contributed by atoms with Crippen LogP contribution in [0.2, 0.25) is 5.02 Å². The van der Waals surface area contributed by atoms with Crippen molar-refractivity contribution in [3.05, 3.63) is 46.3 Å². The van der Waals surface area contributed by atoms with Gasteiger partial charge in [0.05, 0.1) is 5.02 Å². The van der Waals surface area contributed by atoms with Crippen LogP contribution >= 0.6 is 22.9 Å². The Morgan fingerprint density at radius 3 is 3.05 bits per heavy atom. The van der Waals surface area contributed by atoms with Crippen molar-refractivity contribution in [1.29, 1.82) is 0 Å². The molecule has 2 aliphatic rings. The molecule has 2 aromatic rings. The second-order valence-electron chi connectivity index (χ2n) is 5.42. The van der Waals surface area contributed by atoms with E-state index in [0.29, 0.717) is 21.7 Å². The van der Waals surface area contributed by atoms with Gasteiger partial charge in [-0.1, -0.05) is 42.0 Å². The molecule has 0 bridgehead atoms. The first kappa shape index (κ1) is 13.0. The predicted octanol–water partition coefficient (Wildman–Crippen LogP) is 4.24. The van der Waals surface area contributed by atoms with Crippen LogP contribution in [-0.4, -0.2) is 11.6 Å². The largest absolute Gasteiger partial charge is 0.283 e. The van der Waals surface area contributed by atoms with E-state index in [0.717, 1.165) is 28.6 Å². The fraction of sp³-hybridized carbons (Fsp3) is 0.250. The average Bonchev–Trinajstić information content (AvgIpc) is 3.01. The van der Waals surface area contributed by atoms with Crippen LogP contribution in [0, 0.1) is 11.8 Å². The van der Waals surface area contributed by atoms with E-state index < -0.39 is 0 Å². The Kier molecular flexibility index (Phi) is 3.08. The SMILES string of the molecule is O=C(N/N=C1\C[C@H]2C=CC[C@H]12)c1sc2ccccc2c1Cl. The van der Waals surface area contributed by atoms with Crippen LogP contribution in [0.3, 0.4) is 0 Å². The molecule has 4 rings (SSSR count). The fourth-order valence-corrected chi connectivity index (χ4v) is 4.40. The Morgan fingerprint density at radius 2 is 2.24 bits per heavy atom. The molecule has 0 saturated heterocycles. The molecule has 21 heavy (non-hydrogen) atoms. The maximum atomic E-state index is 12.3. The number of hydrazone groups is 1. The number of thiophene rings is 1. The number of carbonyl (C=O) groups is 1. The molecule has 1 amide bonds. The standard InChI is InChI=1S/C16H13ClN2OS/c17-14-11-5-1-2-7-13(11)21-15(14)16(20)19-18-12-8-9-4-3-6-10(9)12/h1-5,7,9-10H,6,8H2,(H,19,20)/b18-12+/t9-,10+/m1/s1. The van der Waals surface area contributed by atoms with Crippen LogP contribution in [0.25, 0.3) is 10.1 Å². The molecule has 2 atom stereocenters. The number of halogens is 1. The minimum absolute atomic E-state index is 0.219. The number of rotatable bonds is 2. The van der Waals surface area contributed by atoms with Gasteiger partial charge in [0.2, 0.25) is 0 Å². The van der Waals surface area contributed by atoms with Crippen molar-refractivity contribution in [1.82, 2.24) is 5.43 Å². The van der Waals surface area contributed by atoms with Crippen molar-refractivity contribution in [2.45, 2.75) is 12.8 Å². The Morgan fingerprint density at radius 1 is 1.38 bits per heavy atom. The molecule has 1 aromatic carbocycles. The van der Waals surface area contributed by atoms with Gasteiger partial charge in [-0.15, -0.1) is 11.3 Å². The zero-order valence-corrected chi connectivity index (χ0v) is 12.7. The first-order valence-electron chi connectivity index (χ1n) is 6.94. The van der Waals surface area contributed by atoms with Crippen molar-refractivity contribution in [3.63, 3.8) is 0 Å². The van der Waals surface area contributed by atoms with Gasteiger partial charge < -0.3 is 0 Å². The van der Waals surface area contributed by atoms with E-state index >= 15 is 0 Å². The lowest BCUT2D eigenvalue weighted by atomic mass is 9.74. The molecule has 0 spiro atoms. The molecule has 3 nitrogen and oxygen atoms in total. The number of nitrogens with one attached hydrogen (secondary N) is 1. The van der Waals surface area contributed by atoms with E-state index in [2.05, 4.69) is 22.7 Å². The van der Waals surface area contributed by atoms with E-state index in [-0.39, 0.29) is 5.91 Å². The van der Waals surface area contributed by atoms with Gasteiger partial charge in [0.15, 0.2) is 0 Å². The summed E-state index contributed by atoms with van der Waals surface area (Å²) in [5, 5.41) is 5.72. The van der Waals surface area contributed by atoms with Gasteiger partial charge in [0, 0.05) is 21.7 Å². The van der Waals surface area contributed by atoms with Gasteiger partial charge >= 0.3 is 0 Å². The highest BCUT2D eigenvalue weighted by Crippen LogP contribution is 2.40. The molecule has 1 N–H and O–H groups in total. The highest BCUT2D eigenvalue weighted by molar-refractivity contribution is 7.21. The lowest BCUT2D eigenvalue weighted by molar-refractivity contribution is 0.0958. The summed E-state index contributed by atoms with van der Waals surface area (Å²) >= 11 is 7.70. The molecule has 1 fully saturated rings. The van der Waals surface area contributed by atoms with Crippen molar-refractivity contribution in [2.24, 2.45) is 16.9 Å². The first-order chi connectivity index (χ1) is 10.2. The monoisotopic (exact) mass is 316 g/mol. The van der Waals surface area contributed by atoms with Gasteiger partial charge in [-0.05, 0) is 24.8 Å². The van der Waals surface area contributed by atoms with E-state index in [1.165, 1.54) is 11.3 Å². The van der Waals surface area contributed by atoms with Gasteiger partial charge in [-0.3, -0.25) is 4.79 Å². The maximum absolute atomic E-state index is 12.3. The maximum Gasteiger partial charge on any atom is 0.283 e. The minimum atomic E-state index is -0.219. The summed E-state index contributed by atoms with van der Waals surface area (Å²) in [6.07, 6.45) is 6.45. The Hall–Kier alpha value is -1.65. The summed E-state index contributed by atoms with van der Waals surface area (Å²) in [5.74, 6) is 0.917. The number of benzene rings is 1. The molecule has 106 valence electrons. The van der Waals surface area contributed by atoms with E-state index in [1.807, 2.05) is 24.3 Å². The fourth-order valence-electron chi connectivity index (χ4n) is 3.00. The average molecular weight is 317 g/mol. The molecule has 0 aliphatic heterocycles. The molecule has 0 unspecified atom stereocenters. The molecule has 1 aromatic heterocycles. The molecular weight excluding hydrogens is 304 g/mol. The van der Waals surface area contributed by atoms with Crippen LogP contribution < -0.4 is 5.43 Å². The summed E-state index contributed by atoms with van der Waals surface area (Å²) < 4.78 is 1.02. The van der Waals surface area contributed by atoms with Crippen LogP contribution in [0.4, 0.5) is 0 Å². The third-order valence-corrected chi connectivity index (χ3v) is 5.88. The Balaban J connectivity index is 1.54. The molecular formula is C16H13ClN2OS. The number of hydrogen-bond donors (Lipinski definition) is 1. The molecule has 2 aliphatic carbocycles. The van der Waals surface area contributed by atoms with E-state index in [1.54, 1.807) is 0 Å². The minimum Gasteiger partial charge on any atom is -0.266 e. The molecule has 5 heteroatoms. The zero-order chi connectivity index (χ0) is 14.4. The van der Waals surface area contributed by atoms with Crippen LogP contribution in [0.1, 0.15) is 22.5 Å². The summed E-state index contributed by atoms with van der Waals surface area (Å²) in [4.78, 5) is 12.8. The lowest BCUT2D eigenvalue weighted by Crippen LogP contribution is -2.35. The topological polar surface area (TPSA) is 41.5 Å². The van der Waals surface area contributed by atoms with Crippen LogP contribution in [0.15, 0.2) is 41.5 Å². The third-order valence-electron chi connectivity index (χ3n) is 4.21. The number of allylic oxidation sites excluding steroid dienone is 2. The highest BCUT2D eigenvalue weighted by atomic mass is 35.5. The predicted molar refractivity (Wildman–Crippen MR) is 87.1 cm³/mol. The van der Waals surface area contributed by atoms with Gasteiger partial charge in [0.1, 0.15) is 4.88 Å². The van der Waals surface area contributed by atoms with Gasteiger partial charge in [-0.25, -0.2) is 5.43 Å². The van der Waals surface area contributed by atoms with Crippen molar-refractivity contribution < 1.29 is 4.79 Å². The number of amides is 1.